The molecule has 28 heavy (non-hydrogen) atoms. The summed E-state index contributed by atoms with van der Waals surface area (Å²) in [6.07, 6.45) is 12.1. The molecule has 4 bridgehead atoms. The van der Waals surface area contributed by atoms with E-state index < -0.39 is 0 Å². The maximum Gasteiger partial charge on any atom is 0.345 e. The van der Waals surface area contributed by atoms with E-state index in [2.05, 4.69) is 26.3 Å². The second-order valence-electron chi connectivity index (χ2n) is 10.0. The lowest BCUT2D eigenvalue weighted by atomic mass is 9.48. The quantitative estimate of drug-likeness (QED) is 0.534. The smallest absolute Gasteiger partial charge is 0.345 e. The van der Waals surface area contributed by atoms with E-state index in [0.29, 0.717) is 23.8 Å². The first-order valence-electron chi connectivity index (χ1n) is 11.1. The van der Waals surface area contributed by atoms with E-state index in [1.54, 1.807) is 4.68 Å². The van der Waals surface area contributed by atoms with Gasteiger partial charge in [0.25, 0.3) is 0 Å². The Morgan fingerprint density at radius 3 is 2.71 bits per heavy atom. The van der Waals surface area contributed by atoms with E-state index in [-0.39, 0.29) is 17.0 Å². The number of hydrogen-bond acceptors (Lipinski definition) is 3. The summed E-state index contributed by atoms with van der Waals surface area (Å²) in [5.74, 6) is 2.74. The van der Waals surface area contributed by atoms with Crippen molar-refractivity contribution in [3.8, 4) is 0 Å². The average Bonchev–Trinajstić information content (AvgIpc) is 2.92. The van der Waals surface area contributed by atoms with Gasteiger partial charge in [-0.05, 0) is 75.0 Å². The molecular weight excluding hydrogens is 420 g/mol. The molecule has 5 aliphatic rings. The SMILES string of the molecule is O=C(CC12CC3CC(CC(Br)(C3)C1)C2)NCCCn1nc2n(c1=O)CCCC2. The Balaban J connectivity index is 1.12. The lowest BCUT2D eigenvalue weighted by Gasteiger charge is -2.60. The second-order valence-corrected chi connectivity index (χ2v) is 11.7. The van der Waals surface area contributed by atoms with Crippen LogP contribution in [0.2, 0.25) is 0 Å². The zero-order valence-electron chi connectivity index (χ0n) is 16.6. The number of hydrogen-bond donors (Lipinski definition) is 1. The molecule has 0 spiro atoms. The van der Waals surface area contributed by atoms with Crippen LogP contribution in [0.15, 0.2) is 4.79 Å². The summed E-state index contributed by atoms with van der Waals surface area (Å²) in [4.78, 5) is 25.0. The van der Waals surface area contributed by atoms with Crippen LogP contribution in [0.3, 0.4) is 0 Å². The van der Waals surface area contributed by atoms with Gasteiger partial charge in [-0.25, -0.2) is 9.48 Å². The van der Waals surface area contributed by atoms with Crippen LogP contribution in [0.1, 0.15) is 70.0 Å². The highest BCUT2D eigenvalue weighted by Gasteiger charge is 2.57. The molecule has 2 unspecified atom stereocenters. The number of nitrogens with zero attached hydrogens (tertiary/aromatic N) is 3. The van der Waals surface area contributed by atoms with Gasteiger partial charge in [-0.1, -0.05) is 15.9 Å². The zero-order valence-corrected chi connectivity index (χ0v) is 18.2. The number of aryl methyl sites for hydroxylation is 2. The highest BCUT2D eigenvalue weighted by molar-refractivity contribution is 9.10. The minimum atomic E-state index is 0.0113. The molecule has 2 heterocycles. The predicted molar refractivity (Wildman–Crippen MR) is 110 cm³/mol. The minimum absolute atomic E-state index is 0.0113. The molecule has 1 aromatic heterocycles. The number of amides is 1. The number of fused-ring (bicyclic) bond motifs is 1. The van der Waals surface area contributed by atoms with E-state index >= 15 is 0 Å². The molecule has 2 atom stereocenters. The zero-order chi connectivity index (χ0) is 19.4. The van der Waals surface area contributed by atoms with Gasteiger partial charge in [0.15, 0.2) is 0 Å². The first-order chi connectivity index (χ1) is 13.4. The number of carbonyl (C=O) groups is 1. The normalized spacial score (nSPS) is 35.8. The highest BCUT2D eigenvalue weighted by Crippen LogP contribution is 2.65. The van der Waals surface area contributed by atoms with Crippen molar-refractivity contribution in [3.63, 3.8) is 0 Å². The van der Waals surface area contributed by atoms with Crippen molar-refractivity contribution in [2.75, 3.05) is 6.54 Å². The van der Waals surface area contributed by atoms with Gasteiger partial charge in [0.1, 0.15) is 5.82 Å². The van der Waals surface area contributed by atoms with Gasteiger partial charge < -0.3 is 5.32 Å². The number of aromatic nitrogens is 3. The molecule has 4 aliphatic carbocycles. The van der Waals surface area contributed by atoms with Crippen molar-refractivity contribution >= 4 is 21.8 Å². The lowest BCUT2D eigenvalue weighted by Crippen LogP contribution is -2.54. The van der Waals surface area contributed by atoms with Gasteiger partial charge in [0, 0.05) is 36.8 Å². The number of rotatable bonds is 6. The number of carbonyl (C=O) groups excluding carboxylic acids is 1. The first-order valence-corrected chi connectivity index (χ1v) is 11.9. The van der Waals surface area contributed by atoms with Gasteiger partial charge in [-0.2, -0.15) is 5.10 Å². The maximum absolute atomic E-state index is 12.7. The van der Waals surface area contributed by atoms with Crippen LogP contribution >= 0.6 is 15.9 Å². The molecule has 1 N–H and O–H groups in total. The summed E-state index contributed by atoms with van der Waals surface area (Å²) in [6.45, 7) is 2.00. The monoisotopic (exact) mass is 450 g/mol. The summed E-state index contributed by atoms with van der Waals surface area (Å²) >= 11 is 4.03. The molecule has 1 amide bonds. The fraction of sp³-hybridized carbons (Fsp3) is 0.857. The van der Waals surface area contributed by atoms with Crippen LogP contribution in [0.4, 0.5) is 0 Å². The molecule has 1 aliphatic heterocycles. The Bertz CT molecular complexity index is 815. The van der Waals surface area contributed by atoms with Gasteiger partial charge in [-0.3, -0.25) is 9.36 Å². The second kappa shape index (κ2) is 6.99. The van der Waals surface area contributed by atoms with Crippen LogP contribution in [0.5, 0.6) is 0 Å². The molecule has 7 heteroatoms. The summed E-state index contributed by atoms with van der Waals surface area (Å²) in [5.41, 5.74) is 0.231. The third-order valence-electron chi connectivity index (χ3n) is 7.55. The van der Waals surface area contributed by atoms with E-state index in [1.165, 1.54) is 32.1 Å². The van der Waals surface area contributed by atoms with Crippen molar-refractivity contribution in [1.82, 2.24) is 19.7 Å². The average molecular weight is 451 g/mol. The van der Waals surface area contributed by atoms with Crippen LogP contribution in [0.25, 0.3) is 0 Å². The van der Waals surface area contributed by atoms with Crippen LogP contribution in [0, 0.1) is 17.3 Å². The van der Waals surface area contributed by atoms with E-state index in [0.717, 1.165) is 56.3 Å². The fourth-order valence-electron chi connectivity index (χ4n) is 7.00. The van der Waals surface area contributed by atoms with E-state index in [1.807, 2.05) is 4.57 Å². The van der Waals surface area contributed by atoms with Crippen molar-refractivity contribution in [3.05, 3.63) is 16.3 Å². The molecular formula is C21H31BrN4O2. The molecule has 4 fully saturated rings. The van der Waals surface area contributed by atoms with Crippen LogP contribution in [-0.2, 0) is 24.3 Å². The number of halogens is 1. The largest absolute Gasteiger partial charge is 0.356 e. The Kier molecular flexibility index (Phi) is 4.72. The Labute approximate surface area is 174 Å². The molecule has 4 saturated carbocycles. The van der Waals surface area contributed by atoms with Crippen LogP contribution < -0.4 is 11.0 Å². The number of alkyl halides is 1. The minimum Gasteiger partial charge on any atom is -0.356 e. The van der Waals surface area contributed by atoms with Gasteiger partial charge in [0.05, 0.1) is 0 Å². The third kappa shape index (κ3) is 3.48. The standard InChI is InChI=1S/C21H31BrN4O2/c22-21-11-15-8-16(12-21)10-20(9-15,14-21)13-18(27)23-5-3-7-26-19(28)25-6-2-1-4-17(25)24-26/h15-16H,1-14H2,(H,23,27). The molecule has 0 saturated heterocycles. The summed E-state index contributed by atoms with van der Waals surface area (Å²) in [5, 5.41) is 7.59. The molecule has 0 radical (unpaired) electrons. The van der Waals surface area contributed by atoms with Crippen LogP contribution in [-0.4, -0.2) is 31.1 Å². The topological polar surface area (TPSA) is 68.9 Å². The first kappa shape index (κ1) is 18.9. The summed E-state index contributed by atoms with van der Waals surface area (Å²) in [7, 11) is 0. The van der Waals surface area contributed by atoms with E-state index in [9.17, 15) is 9.59 Å². The molecule has 6 nitrogen and oxygen atoms in total. The predicted octanol–water partition coefficient (Wildman–Crippen LogP) is 3.01. The Morgan fingerprint density at radius 2 is 2.00 bits per heavy atom. The van der Waals surface area contributed by atoms with Gasteiger partial charge in [0.2, 0.25) is 5.91 Å². The molecule has 1 aromatic rings. The number of nitrogens with one attached hydrogen (secondary N) is 1. The third-order valence-corrected chi connectivity index (χ3v) is 8.47. The Morgan fingerprint density at radius 1 is 1.21 bits per heavy atom. The van der Waals surface area contributed by atoms with E-state index in [4.69, 9.17) is 0 Å². The fourth-order valence-corrected chi connectivity index (χ4v) is 8.51. The maximum atomic E-state index is 12.7. The van der Waals surface area contributed by atoms with Crippen molar-refractivity contribution in [2.24, 2.45) is 17.3 Å². The molecule has 154 valence electrons. The molecule has 6 rings (SSSR count). The molecule has 0 aromatic carbocycles. The summed E-state index contributed by atoms with van der Waals surface area (Å²) in [6, 6.07) is 0. The van der Waals surface area contributed by atoms with Crippen molar-refractivity contribution in [1.29, 1.82) is 0 Å². The Hall–Kier alpha value is -1.11. The lowest BCUT2D eigenvalue weighted by molar-refractivity contribution is -0.128. The highest BCUT2D eigenvalue weighted by atomic mass is 79.9. The van der Waals surface area contributed by atoms with Crippen molar-refractivity contribution < 1.29 is 4.79 Å². The van der Waals surface area contributed by atoms with Gasteiger partial charge >= 0.3 is 5.69 Å². The van der Waals surface area contributed by atoms with Gasteiger partial charge in [-0.15, -0.1) is 0 Å². The van der Waals surface area contributed by atoms with Crippen molar-refractivity contribution in [2.45, 2.75) is 88.0 Å². The summed E-state index contributed by atoms with van der Waals surface area (Å²) < 4.78 is 3.70.